The number of rotatable bonds is 2. The minimum absolute atomic E-state index is 0.109. The van der Waals surface area contributed by atoms with E-state index in [1.165, 1.54) is 18.4 Å². The predicted molar refractivity (Wildman–Crippen MR) is 63.8 cm³/mol. The van der Waals surface area contributed by atoms with E-state index in [-0.39, 0.29) is 10.7 Å². The van der Waals surface area contributed by atoms with Gasteiger partial charge in [0.25, 0.3) is 0 Å². The molecule has 0 aliphatic rings. The average molecular weight is 245 g/mol. The molecule has 15 heavy (non-hydrogen) atoms. The first-order chi connectivity index (χ1) is 6.83. The van der Waals surface area contributed by atoms with Gasteiger partial charge in [0.15, 0.2) is 10.0 Å². The van der Waals surface area contributed by atoms with Crippen LogP contribution in [-0.4, -0.2) is 22.8 Å². The zero-order valence-corrected chi connectivity index (χ0v) is 11.2. The number of aromatic nitrogens is 1. The Morgan fingerprint density at radius 3 is 2.53 bits per heavy atom. The van der Waals surface area contributed by atoms with E-state index in [0.717, 1.165) is 9.22 Å². The van der Waals surface area contributed by atoms with Crippen molar-refractivity contribution < 1.29 is 9.53 Å². The molecule has 0 saturated heterocycles. The summed E-state index contributed by atoms with van der Waals surface area (Å²) in [6.45, 7) is 8.24. The zero-order chi connectivity index (χ0) is 11.6. The van der Waals surface area contributed by atoms with Gasteiger partial charge >= 0.3 is 5.97 Å². The molecule has 0 spiro atoms. The van der Waals surface area contributed by atoms with Gasteiger partial charge in [-0.05, 0) is 6.92 Å². The predicted octanol–water partition coefficient (Wildman–Crippen LogP) is 3.13. The van der Waals surface area contributed by atoms with E-state index in [1.54, 1.807) is 11.8 Å². The number of esters is 1. The Labute approximate surface area is 98.2 Å². The lowest BCUT2D eigenvalue weighted by molar-refractivity contribution is 0.0593. The van der Waals surface area contributed by atoms with Crippen LogP contribution in [0.5, 0.6) is 0 Å². The number of ether oxygens (including phenoxy) is 1. The summed E-state index contributed by atoms with van der Waals surface area (Å²) in [4.78, 5) is 16.5. The van der Waals surface area contributed by atoms with Gasteiger partial charge in [-0.2, -0.15) is 0 Å². The maximum atomic E-state index is 11.3. The number of hydrogen-bond acceptors (Lipinski definition) is 5. The number of carbonyl (C=O) groups excluding carboxylic acids is 1. The molecule has 0 aliphatic heterocycles. The minimum atomic E-state index is -0.357. The molecule has 5 heteroatoms. The van der Waals surface area contributed by atoms with Crippen LogP contribution in [0, 0.1) is 6.92 Å². The lowest BCUT2D eigenvalue weighted by atomic mass is 10.3. The van der Waals surface area contributed by atoms with Crippen LogP contribution in [0.15, 0.2) is 4.34 Å². The molecule has 0 fully saturated rings. The lowest BCUT2D eigenvalue weighted by Crippen LogP contribution is -2.07. The molecule has 0 unspecified atom stereocenters. The largest absolute Gasteiger partial charge is 0.464 e. The van der Waals surface area contributed by atoms with Gasteiger partial charge in [0.1, 0.15) is 0 Å². The number of thiazole rings is 1. The first-order valence-corrected chi connectivity index (χ1v) is 6.21. The highest BCUT2D eigenvalue weighted by Crippen LogP contribution is 2.35. The van der Waals surface area contributed by atoms with Crippen molar-refractivity contribution >= 4 is 29.1 Å². The van der Waals surface area contributed by atoms with Crippen LogP contribution >= 0.6 is 23.1 Å². The van der Waals surface area contributed by atoms with Gasteiger partial charge in [0, 0.05) is 9.62 Å². The molecular formula is C10H15NO2S2. The van der Waals surface area contributed by atoms with Crippen LogP contribution < -0.4 is 0 Å². The standard InChI is InChI=1S/C10H15NO2S2/c1-6-7(8(12)13-5)11-9(14-6)15-10(2,3)4/h1-5H3. The minimum Gasteiger partial charge on any atom is -0.464 e. The van der Waals surface area contributed by atoms with Crippen molar-refractivity contribution in [1.82, 2.24) is 4.98 Å². The molecule has 0 amide bonds. The van der Waals surface area contributed by atoms with Gasteiger partial charge in [-0.15, -0.1) is 11.3 Å². The monoisotopic (exact) mass is 245 g/mol. The summed E-state index contributed by atoms with van der Waals surface area (Å²) in [6.07, 6.45) is 0. The summed E-state index contributed by atoms with van der Waals surface area (Å²) in [5.41, 5.74) is 0.439. The van der Waals surface area contributed by atoms with Gasteiger partial charge < -0.3 is 4.74 Å². The van der Waals surface area contributed by atoms with Crippen LogP contribution in [-0.2, 0) is 4.74 Å². The third-order valence-corrected chi connectivity index (χ3v) is 3.69. The van der Waals surface area contributed by atoms with E-state index >= 15 is 0 Å². The summed E-state index contributed by atoms with van der Waals surface area (Å²) >= 11 is 3.20. The third kappa shape index (κ3) is 3.50. The summed E-state index contributed by atoms with van der Waals surface area (Å²) < 4.78 is 5.68. The third-order valence-electron chi connectivity index (χ3n) is 1.55. The second-order valence-electron chi connectivity index (χ2n) is 4.09. The van der Waals surface area contributed by atoms with E-state index in [1.807, 2.05) is 6.92 Å². The van der Waals surface area contributed by atoms with Crippen molar-refractivity contribution in [2.45, 2.75) is 36.8 Å². The summed E-state index contributed by atoms with van der Waals surface area (Å²) in [5, 5.41) is 0. The van der Waals surface area contributed by atoms with E-state index in [2.05, 4.69) is 30.5 Å². The Kier molecular flexibility index (Phi) is 3.78. The van der Waals surface area contributed by atoms with Gasteiger partial charge in [0.05, 0.1) is 7.11 Å². The molecule has 0 saturated carbocycles. The normalized spacial score (nSPS) is 11.5. The fourth-order valence-electron chi connectivity index (χ4n) is 0.964. The highest BCUT2D eigenvalue weighted by Gasteiger charge is 2.20. The number of carbonyl (C=O) groups is 1. The topological polar surface area (TPSA) is 39.2 Å². The van der Waals surface area contributed by atoms with Crippen molar-refractivity contribution in [3.63, 3.8) is 0 Å². The second kappa shape index (κ2) is 4.53. The molecule has 0 radical (unpaired) electrons. The first-order valence-electron chi connectivity index (χ1n) is 4.58. The SMILES string of the molecule is COC(=O)c1nc(SC(C)(C)C)sc1C. The fourth-order valence-corrected chi connectivity index (χ4v) is 3.54. The zero-order valence-electron chi connectivity index (χ0n) is 9.58. The number of aryl methyl sites for hydroxylation is 1. The summed E-state index contributed by atoms with van der Waals surface area (Å²) in [6, 6.07) is 0. The van der Waals surface area contributed by atoms with E-state index < -0.39 is 0 Å². The highest BCUT2D eigenvalue weighted by molar-refractivity contribution is 8.02. The molecule has 1 aromatic heterocycles. The van der Waals surface area contributed by atoms with Crippen LogP contribution in [0.1, 0.15) is 36.1 Å². The quantitative estimate of drug-likeness (QED) is 0.593. The first kappa shape index (κ1) is 12.5. The lowest BCUT2D eigenvalue weighted by Gasteiger charge is -2.14. The number of hydrogen-bond donors (Lipinski definition) is 0. The van der Waals surface area contributed by atoms with E-state index in [4.69, 9.17) is 0 Å². The van der Waals surface area contributed by atoms with Gasteiger partial charge in [-0.25, -0.2) is 9.78 Å². The fraction of sp³-hybridized carbons (Fsp3) is 0.600. The molecular weight excluding hydrogens is 230 g/mol. The van der Waals surface area contributed by atoms with Crippen LogP contribution in [0.2, 0.25) is 0 Å². The second-order valence-corrected chi connectivity index (χ2v) is 7.37. The molecule has 1 heterocycles. The Balaban J connectivity index is 2.91. The maximum Gasteiger partial charge on any atom is 0.357 e. The van der Waals surface area contributed by atoms with Crippen molar-refractivity contribution in [3.05, 3.63) is 10.6 Å². The molecule has 0 aliphatic carbocycles. The molecule has 0 aromatic carbocycles. The van der Waals surface area contributed by atoms with Crippen molar-refractivity contribution in [3.8, 4) is 0 Å². The molecule has 1 aromatic rings. The summed E-state index contributed by atoms with van der Waals surface area (Å²) in [5.74, 6) is -0.357. The number of thioether (sulfide) groups is 1. The van der Waals surface area contributed by atoms with E-state index in [0.29, 0.717) is 5.69 Å². The van der Waals surface area contributed by atoms with Gasteiger partial charge in [0.2, 0.25) is 0 Å². The van der Waals surface area contributed by atoms with Crippen molar-refractivity contribution in [1.29, 1.82) is 0 Å². The van der Waals surface area contributed by atoms with E-state index in [9.17, 15) is 4.79 Å². The maximum absolute atomic E-state index is 11.3. The Hall–Kier alpha value is -0.550. The average Bonchev–Trinajstić information content (AvgIpc) is 2.42. The summed E-state index contributed by atoms with van der Waals surface area (Å²) in [7, 11) is 1.37. The van der Waals surface area contributed by atoms with Crippen molar-refractivity contribution in [2.24, 2.45) is 0 Å². The molecule has 0 bridgehead atoms. The molecule has 0 N–H and O–H groups in total. The Bertz CT molecular complexity index is 366. The highest BCUT2D eigenvalue weighted by atomic mass is 32.2. The molecule has 3 nitrogen and oxygen atoms in total. The van der Waals surface area contributed by atoms with Crippen LogP contribution in [0.4, 0.5) is 0 Å². The smallest absolute Gasteiger partial charge is 0.357 e. The Morgan fingerprint density at radius 1 is 1.47 bits per heavy atom. The molecule has 84 valence electrons. The molecule has 1 rings (SSSR count). The van der Waals surface area contributed by atoms with Gasteiger partial charge in [-0.3, -0.25) is 0 Å². The Morgan fingerprint density at radius 2 is 2.07 bits per heavy atom. The van der Waals surface area contributed by atoms with Crippen LogP contribution in [0.3, 0.4) is 0 Å². The number of methoxy groups -OCH3 is 1. The van der Waals surface area contributed by atoms with Crippen LogP contribution in [0.25, 0.3) is 0 Å². The van der Waals surface area contributed by atoms with Crippen molar-refractivity contribution in [2.75, 3.05) is 7.11 Å². The number of nitrogens with zero attached hydrogens (tertiary/aromatic N) is 1. The molecule has 0 atom stereocenters. The van der Waals surface area contributed by atoms with Gasteiger partial charge in [-0.1, -0.05) is 32.5 Å².